The van der Waals surface area contributed by atoms with Crippen LogP contribution in [0.2, 0.25) is 0 Å². The van der Waals surface area contributed by atoms with Crippen LogP contribution >= 0.6 is 0 Å². The summed E-state index contributed by atoms with van der Waals surface area (Å²) in [6.07, 6.45) is 5.05. The van der Waals surface area contributed by atoms with E-state index >= 15 is 0 Å². The SMILES string of the molecule is C#C[C@@H](C)OCc1ccccc1. The van der Waals surface area contributed by atoms with E-state index in [2.05, 4.69) is 5.92 Å². The predicted molar refractivity (Wildman–Crippen MR) is 49.5 cm³/mol. The van der Waals surface area contributed by atoms with E-state index in [1.54, 1.807) is 0 Å². The fourth-order valence-corrected chi connectivity index (χ4v) is 0.844. The van der Waals surface area contributed by atoms with Crippen molar-refractivity contribution in [2.75, 3.05) is 0 Å². The highest BCUT2D eigenvalue weighted by atomic mass is 16.5. The van der Waals surface area contributed by atoms with Gasteiger partial charge in [0.25, 0.3) is 0 Å². The molecule has 1 heteroatoms. The van der Waals surface area contributed by atoms with Crippen LogP contribution in [-0.2, 0) is 11.3 Å². The maximum absolute atomic E-state index is 5.34. The van der Waals surface area contributed by atoms with Crippen LogP contribution in [0.1, 0.15) is 12.5 Å². The first-order chi connectivity index (χ1) is 5.83. The number of rotatable bonds is 3. The summed E-state index contributed by atoms with van der Waals surface area (Å²) in [5.41, 5.74) is 1.15. The van der Waals surface area contributed by atoms with Gasteiger partial charge in [0.05, 0.1) is 6.61 Å². The molecule has 0 aromatic heterocycles. The van der Waals surface area contributed by atoms with Crippen LogP contribution in [0, 0.1) is 12.3 Å². The van der Waals surface area contributed by atoms with Crippen molar-refractivity contribution in [2.24, 2.45) is 0 Å². The Bertz CT molecular complexity index is 258. The van der Waals surface area contributed by atoms with Crippen molar-refractivity contribution >= 4 is 0 Å². The Balaban J connectivity index is 2.40. The molecule has 1 atom stereocenters. The number of benzene rings is 1. The van der Waals surface area contributed by atoms with Crippen molar-refractivity contribution in [1.82, 2.24) is 0 Å². The van der Waals surface area contributed by atoms with Crippen molar-refractivity contribution in [1.29, 1.82) is 0 Å². The van der Waals surface area contributed by atoms with Gasteiger partial charge in [0.15, 0.2) is 0 Å². The molecule has 0 aliphatic rings. The molecule has 0 amide bonds. The molecule has 0 radical (unpaired) electrons. The molecule has 62 valence electrons. The van der Waals surface area contributed by atoms with Gasteiger partial charge in [0.2, 0.25) is 0 Å². The van der Waals surface area contributed by atoms with Gasteiger partial charge < -0.3 is 4.74 Å². The quantitative estimate of drug-likeness (QED) is 0.616. The summed E-state index contributed by atoms with van der Waals surface area (Å²) in [6, 6.07) is 9.99. The molecule has 0 heterocycles. The van der Waals surface area contributed by atoms with Crippen LogP contribution < -0.4 is 0 Å². The fraction of sp³-hybridized carbons (Fsp3) is 0.273. The summed E-state index contributed by atoms with van der Waals surface area (Å²) in [4.78, 5) is 0. The molecule has 1 rings (SSSR count). The Morgan fingerprint density at radius 3 is 2.67 bits per heavy atom. The largest absolute Gasteiger partial charge is 0.361 e. The van der Waals surface area contributed by atoms with Gasteiger partial charge >= 0.3 is 0 Å². The first-order valence-corrected chi connectivity index (χ1v) is 3.94. The average molecular weight is 160 g/mol. The molecule has 0 aliphatic carbocycles. The molecule has 1 nitrogen and oxygen atoms in total. The minimum atomic E-state index is -0.106. The summed E-state index contributed by atoms with van der Waals surface area (Å²) >= 11 is 0. The number of terminal acetylenes is 1. The van der Waals surface area contributed by atoms with Crippen molar-refractivity contribution in [3.8, 4) is 12.3 Å². The highest BCUT2D eigenvalue weighted by Crippen LogP contribution is 2.02. The lowest BCUT2D eigenvalue weighted by Crippen LogP contribution is -2.04. The van der Waals surface area contributed by atoms with Gasteiger partial charge in [0.1, 0.15) is 6.10 Å². The molecule has 0 fully saturated rings. The van der Waals surface area contributed by atoms with Crippen LogP contribution in [0.5, 0.6) is 0 Å². The zero-order chi connectivity index (χ0) is 8.81. The molecular weight excluding hydrogens is 148 g/mol. The molecule has 0 saturated heterocycles. The molecule has 0 bridgehead atoms. The van der Waals surface area contributed by atoms with E-state index in [1.807, 2.05) is 37.3 Å². The minimum Gasteiger partial charge on any atom is -0.361 e. The fourth-order valence-electron chi connectivity index (χ4n) is 0.844. The van der Waals surface area contributed by atoms with E-state index in [-0.39, 0.29) is 6.10 Å². The zero-order valence-electron chi connectivity index (χ0n) is 7.16. The molecular formula is C11H12O. The van der Waals surface area contributed by atoms with Gasteiger partial charge in [-0.25, -0.2) is 0 Å². The highest BCUT2D eigenvalue weighted by molar-refractivity contribution is 5.13. The van der Waals surface area contributed by atoms with E-state index in [4.69, 9.17) is 11.2 Å². The zero-order valence-corrected chi connectivity index (χ0v) is 7.16. The lowest BCUT2D eigenvalue weighted by molar-refractivity contribution is 0.0902. The van der Waals surface area contributed by atoms with Crippen molar-refractivity contribution in [3.05, 3.63) is 35.9 Å². The monoisotopic (exact) mass is 160 g/mol. The second kappa shape index (κ2) is 4.58. The molecule has 0 spiro atoms. The van der Waals surface area contributed by atoms with Gasteiger partial charge in [-0.05, 0) is 12.5 Å². The van der Waals surface area contributed by atoms with Gasteiger partial charge in [-0.2, -0.15) is 0 Å². The van der Waals surface area contributed by atoms with Gasteiger partial charge in [0, 0.05) is 0 Å². The number of hydrogen-bond acceptors (Lipinski definition) is 1. The summed E-state index contributed by atoms with van der Waals surface area (Å²) in [7, 11) is 0. The third kappa shape index (κ3) is 2.77. The summed E-state index contributed by atoms with van der Waals surface area (Å²) in [6.45, 7) is 2.45. The Kier molecular flexibility index (Phi) is 3.37. The third-order valence-electron chi connectivity index (χ3n) is 1.58. The lowest BCUT2D eigenvalue weighted by atomic mass is 10.2. The first-order valence-electron chi connectivity index (χ1n) is 3.94. The maximum atomic E-state index is 5.34. The van der Waals surface area contributed by atoms with E-state index in [0.29, 0.717) is 6.61 Å². The van der Waals surface area contributed by atoms with Crippen molar-refractivity contribution in [3.63, 3.8) is 0 Å². The van der Waals surface area contributed by atoms with E-state index in [1.165, 1.54) is 0 Å². The van der Waals surface area contributed by atoms with Gasteiger partial charge in [-0.15, -0.1) is 6.42 Å². The number of ether oxygens (including phenoxy) is 1. The summed E-state index contributed by atoms with van der Waals surface area (Å²) < 4.78 is 5.34. The van der Waals surface area contributed by atoms with E-state index in [9.17, 15) is 0 Å². The van der Waals surface area contributed by atoms with Crippen LogP contribution in [-0.4, -0.2) is 6.10 Å². The Morgan fingerprint density at radius 1 is 1.42 bits per heavy atom. The molecule has 0 N–H and O–H groups in total. The summed E-state index contributed by atoms with van der Waals surface area (Å²) in [5.74, 6) is 2.51. The molecule has 0 aliphatic heterocycles. The Labute approximate surface area is 73.4 Å². The Morgan fingerprint density at radius 2 is 2.08 bits per heavy atom. The lowest BCUT2D eigenvalue weighted by Gasteiger charge is -2.05. The van der Waals surface area contributed by atoms with Crippen LogP contribution in [0.25, 0.3) is 0 Å². The standard InChI is InChI=1S/C11H12O/c1-3-10(2)12-9-11-7-5-4-6-8-11/h1,4-8,10H,9H2,2H3/t10-/m1/s1. The minimum absolute atomic E-state index is 0.106. The smallest absolute Gasteiger partial charge is 0.115 e. The molecule has 0 unspecified atom stereocenters. The normalized spacial score (nSPS) is 12.0. The van der Waals surface area contributed by atoms with Gasteiger partial charge in [-0.1, -0.05) is 36.3 Å². The van der Waals surface area contributed by atoms with Crippen LogP contribution in [0.4, 0.5) is 0 Å². The summed E-state index contributed by atoms with van der Waals surface area (Å²) in [5, 5.41) is 0. The maximum Gasteiger partial charge on any atom is 0.115 e. The second-order valence-corrected chi connectivity index (χ2v) is 2.61. The Hall–Kier alpha value is -1.26. The average Bonchev–Trinajstić information content (AvgIpc) is 2.16. The van der Waals surface area contributed by atoms with E-state index in [0.717, 1.165) is 5.56 Å². The van der Waals surface area contributed by atoms with Crippen LogP contribution in [0.15, 0.2) is 30.3 Å². The van der Waals surface area contributed by atoms with Crippen molar-refractivity contribution < 1.29 is 4.74 Å². The second-order valence-electron chi connectivity index (χ2n) is 2.61. The molecule has 12 heavy (non-hydrogen) atoms. The van der Waals surface area contributed by atoms with Crippen LogP contribution in [0.3, 0.4) is 0 Å². The molecule has 1 aromatic rings. The molecule has 1 aromatic carbocycles. The first kappa shape index (κ1) is 8.83. The topological polar surface area (TPSA) is 9.23 Å². The third-order valence-corrected chi connectivity index (χ3v) is 1.58. The predicted octanol–water partition coefficient (Wildman–Crippen LogP) is 2.22. The van der Waals surface area contributed by atoms with Crippen molar-refractivity contribution in [2.45, 2.75) is 19.6 Å². The highest BCUT2D eigenvalue weighted by Gasteiger charge is 1.96. The van der Waals surface area contributed by atoms with Gasteiger partial charge in [-0.3, -0.25) is 0 Å². The molecule has 0 saturated carbocycles. The number of hydrogen-bond donors (Lipinski definition) is 0. The van der Waals surface area contributed by atoms with E-state index < -0.39 is 0 Å².